The van der Waals surface area contributed by atoms with Crippen LogP contribution in [0.25, 0.3) is 0 Å². The minimum atomic E-state index is -0.845. The van der Waals surface area contributed by atoms with E-state index in [2.05, 4.69) is 0 Å². The summed E-state index contributed by atoms with van der Waals surface area (Å²) >= 11 is 0. The van der Waals surface area contributed by atoms with Crippen LogP contribution in [0, 0.1) is 5.82 Å². The molecule has 9 heteroatoms. The molecule has 8 nitrogen and oxygen atoms in total. The van der Waals surface area contributed by atoms with Crippen LogP contribution >= 0.6 is 0 Å². The lowest BCUT2D eigenvalue weighted by molar-refractivity contribution is -0.136. The summed E-state index contributed by atoms with van der Waals surface area (Å²) in [5.74, 6) is -1.46. The molecule has 4 N–H and O–H groups in total. The van der Waals surface area contributed by atoms with Crippen molar-refractivity contribution in [3.63, 3.8) is 0 Å². The Labute approximate surface area is 143 Å². The molecular formula is C16H19FN4O4. The fourth-order valence-corrected chi connectivity index (χ4v) is 3.27. The highest BCUT2D eigenvalue weighted by atomic mass is 19.1. The van der Waals surface area contributed by atoms with Crippen LogP contribution in [0.2, 0.25) is 0 Å². The third kappa shape index (κ3) is 3.27. The number of rotatable bonds is 3. The molecule has 134 valence electrons. The number of benzene rings is 1. The Hall–Kier alpha value is -2.68. The van der Waals surface area contributed by atoms with Crippen LogP contribution in [0.5, 0.6) is 0 Å². The number of amides is 3. The molecule has 0 aliphatic carbocycles. The van der Waals surface area contributed by atoms with Gasteiger partial charge in [-0.25, -0.2) is 9.18 Å². The first kappa shape index (κ1) is 17.2. The number of hydrogen-bond donors (Lipinski definition) is 2. The van der Waals surface area contributed by atoms with Crippen LogP contribution in [-0.2, 0) is 27.4 Å². The van der Waals surface area contributed by atoms with Crippen LogP contribution in [0.4, 0.5) is 9.18 Å². The third-order valence-electron chi connectivity index (χ3n) is 4.54. The molecule has 0 saturated carbocycles. The van der Waals surface area contributed by atoms with Crippen LogP contribution in [0.1, 0.15) is 17.5 Å². The summed E-state index contributed by atoms with van der Waals surface area (Å²) in [4.78, 5) is 38.3. The Balaban J connectivity index is 1.64. The number of nitrogens with zero attached hydrogens (tertiary/aromatic N) is 2. The highest BCUT2D eigenvalue weighted by Crippen LogP contribution is 2.27. The number of carbonyl (C=O) groups excluding carboxylic acids is 3. The largest absolute Gasteiger partial charge is 0.444 e. The number of ether oxygens (including phenoxy) is 1. The zero-order valence-electron chi connectivity index (χ0n) is 13.5. The Morgan fingerprint density at radius 2 is 2.04 bits per heavy atom. The van der Waals surface area contributed by atoms with Crippen molar-refractivity contribution in [1.29, 1.82) is 0 Å². The van der Waals surface area contributed by atoms with Gasteiger partial charge in [0.1, 0.15) is 18.0 Å². The predicted molar refractivity (Wildman–Crippen MR) is 84.3 cm³/mol. The lowest BCUT2D eigenvalue weighted by Gasteiger charge is -2.21. The number of hydrogen-bond acceptors (Lipinski definition) is 5. The number of carbonyl (C=O) groups is 3. The summed E-state index contributed by atoms with van der Waals surface area (Å²) in [5.41, 5.74) is 11.8. The fraction of sp³-hybridized carbons (Fsp3) is 0.438. The highest BCUT2D eigenvalue weighted by molar-refractivity contribution is 5.88. The molecule has 1 aromatic carbocycles. The van der Waals surface area contributed by atoms with Crippen molar-refractivity contribution in [2.75, 3.05) is 13.1 Å². The molecule has 0 aromatic heterocycles. The second-order valence-corrected chi connectivity index (χ2v) is 6.14. The van der Waals surface area contributed by atoms with Gasteiger partial charge in [-0.05, 0) is 11.6 Å². The SMILES string of the molecule is NCC(=O)N1C[C@H](OC(=O)N2Cc3cccc(F)c3C2)C[C@H]1C(N)=O. The third-order valence-corrected chi connectivity index (χ3v) is 4.54. The van der Waals surface area contributed by atoms with Crippen molar-refractivity contribution >= 4 is 17.9 Å². The Morgan fingerprint density at radius 3 is 2.68 bits per heavy atom. The average molecular weight is 350 g/mol. The van der Waals surface area contributed by atoms with E-state index in [4.69, 9.17) is 16.2 Å². The molecule has 2 heterocycles. The second kappa shape index (κ2) is 6.67. The molecule has 2 aliphatic rings. The molecule has 1 saturated heterocycles. The van der Waals surface area contributed by atoms with E-state index in [9.17, 15) is 18.8 Å². The summed E-state index contributed by atoms with van der Waals surface area (Å²) < 4.78 is 19.2. The van der Waals surface area contributed by atoms with Crippen molar-refractivity contribution in [2.24, 2.45) is 11.5 Å². The summed E-state index contributed by atoms with van der Waals surface area (Å²) in [6, 6.07) is 3.85. The summed E-state index contributed by atoms with van der Waals surface area (Å²) in [5, 5.41) is 0. The summed E-state index contributed by atoms with van der Waals surface area (Å²) in [6.07, 6.45) is -1.15. The zero-order valence-corrected chi connectivity index (χ0v) is 13.5. The van der Waals surface area contributed by atoms with E-state index in [0.717, 1.165) is 5.56 Å². The Bertz CT molecular complexity index is 726. The molecule has 1 aromatic rings. The number of halogens is 1. The molecule has 2 atom stereocenters. The second-order valence-electron chi connectivity index (χ2n) is 6.14. The lowest BCUT2D eigenvalue weighted by atomic mass is 10.1. The van der Waals surface area contributed by atoms with Gasteiger partial charge in [0.2, 0.25) is 11.8 Å². The van der Waals surface area contributed by atoms with Crippen LogP contribution in [0.3, 0.4) is 0 Å². The van der Waals surface area contributed by atoms with Gasteiger partial charge >= 0.3 is 6.09 Å². The summed E-state index contributed by atoms with van der Waals surface area (Å²) in [7, 11) is 0. The van der Waals surface area contributed by atoms with Gasteiger partial charge in [-0.15, -0.1) is 0 Å². The zero-order chi connectivity index (χ0) is 18.1. The molecule has 1 fully saturated rings. The fourth-order valence-electron chi connectivity index (χ4n) is 3.27. The maximum absolute atomic E-state index is 13.8. The average Bonchev–Trinajstić information content (AvgIpc) is 3.19. The van der Waals surface area contributed by atoms with Crippen LogP contribution in [-0.4, -0.2) is 52.9 Å². The number of fused-ring (bicyclic) bond motifs is 1. The van der Waals surface area contributed by atoms with Crippen molar-refractivity contribution < 1.29 is 23.5 Å². The van der Waals surface area contributed by atoms with Gasteiger partial charge in [0, 0.05) is 18.5 Å². The maximum atomic E-state index is 13.8. The Kier molecular flexibility index (Phi) is 4.58. The number of nitrogens with two attached hydrogens (primary N) is 2. The molecular weight excluding hydrogens is 331 g/mol. The highest BCUT2D eigenvalue weighted by Gasteiger charge is 2.40. The van der Waals surface area contributed by atoms with E-state index in [1.54, 1.807) is 12.1 Å². The minimum absolute atomic E-state index is 0.0600. The van der Waals surface area contributed by atoms with Gasteiger partial charge < -0.3 is 21.1 Å². The quantitative estimate of drug-likeness (QED) is 0.775. The van der Waals surface area contributed by atoms with Crippen molar-refractivity contribution in [3.8, 4) is 0 Å². The maximum Gasteiger partial charge on any atom is 0.410 e. The van der Waals surface area contributed by atoms with Crippen LogP contribution < -0.4 is 11.5 Å². The standard InChI is InChI=1S/C16H19FN4O4/c17-12-3-1-2-9-6-20(8-11(9)12)16(24)25-10-4-13(15(19)23)21(7-10)14(22)5-18/h1-3,10,13H,4-8,18H2,(H2,19,23)/t10-,13+/m1/s1. The predicted octanol–water partition coefficient (Wildman–Crippen LogP) is -0.309. The van der Waals surface area contributed by atoms with E-state index < -0.39 is 30.1 Å². The lowest BCUT2D eigenvalue weighted by Crippen LogP contribution is -2.46. The smallest absolute Gasteiger partial charge is 0.410 e. The molecule has 0 unspecified atom stereocenters. The van der Waals surface area contributed by atoms with Crippen molar-refractivity contribution in [1.82, 2.24) is 9.80 Å². The summed E-state index contributed by atoms with van der Waals surface area (Å²) in [6.45, 7) is 0.178. The normalized spacial score (nSPS) is 22.0. The molecule has 0 radical (unpaired) electrons. The van der Waals surface area contributed by atoms with E-state index in [0.29, 0.717) is 5.56 Å². The Morgan fingerprint density at radius 1 is 1.28 bits per heavy atom. The first-order valence-corrected chi connectivity index (χ1v) is 7.91. The van der Waals surface area contributed by atoms with Gasteiger partial charge in [-0.1, -0.05) is 12.1 Å². The van der Waals surface area contributed by atoms with Gasteiger partial charge in [0.05, 0.1) is 19.6 Å². The molecule has 3 amide bonds. The molecule has 3 rings (SSSR count). The monoisotopic (exact) mass is 350 g/mol. The van der Waals surface area contributed by atoms with E-state index in [-0.39, 0.29) is 38.4 Å². The van der Waals surface area contributed by atoms with Gasteiger partial charge in [-0.3, -0.25) is 14.5 Å². The van der Waals surface area contributed by atoms with Crippen LogP contribution in [0.15, 0.2) is 18.2 Å². The van der Waals surface area contributed by atoms with Crippen molar-refractivity contribution in [2.45, 2.75) is 31.7 Å². The van der Waals surface area contributed by atoms with Crippen molar-refractivity contribution in [3.05, 3.63) is 35.1 Å². The number of primary amides is 1. The van der Waals surface area contributed by atoms with E-state index >= 15 is 0 Å². The number of likely N-dealkylation sites (tertiary alicyclic amines) is 1. The first-order valence-electron chi connectivity index (χ1n) is 7.91. The van der Waals surface area contributed by atoms with Gasteiger partial charge in [-0.2, -0.15) is 0 Å². The van der Waals surface area contributed by atoms with Gasteiger partial charge in [0.25, 0.3) is 0 Å². The van der Waals surface area contributed by atoms with Gasteiger partial charge in [0.15, 0.2) is 0 Å². The molecule has 2 aliphatic heterocycles. The molecule has 0 spiro atoms. The first-order chi connectivity index (χ1) is 11.9. The molecule has 0 bridgehead atoms. The van der Waals surface area contributed by atoms with E-state index in [1.807, 2.05) is 0 Å². The topological polar surface area (TPSA) is 119 Å². The van der Waals surface area contributed by atoms with E-state index in [1.165, 1.54) is 15.9 Å². The minimum Gasteiger partial charge on any atom is -0.444 e. The molecule has 25 heavy (non-hydrogen) atoms.